The molecular weight excluding hydrogens is 267 g/mol. The Hall–Kier alpha value is -0.990. The largest absolute Gasteiger partial charge is 0.384 e. The minimum atomic E-state index is 0.647. The molecule has 0 saturated carbocycles. The molecule has 0 aliphatic rings. The van der Waals surface area contributed by atoms with Gasteiger partial charge in [-0.1, -0.05) is 23.2 Å². The van der Waals surface area contributed by atoms with Crippen LogP contribution in [0.1, 0.15) is 23.7 Å². The maximum absolute atomic E-state index is 6.42. The SMILES string of the molecule is CCNc1c(C)c(C)nc2c(Cl)cc(C)c(Cl)c12. The van der Waals surface area contributed by atoms with Crippen molar-refractivity contribution in [2.45, 2.75) is 27.7 Å². The molecule has 96 valence electrons. The maximum Gasteiger partial charge on any atom is 0.0927 e. The first-order valence-electron chi connectivity index (χ1n) is 5.96. The summed E-state index contributed by atoms with van der Waals surface area (Å²) < 4.78 is 0. The zero-order valence-corrected chi connectivity index (χ0v) is 12.5. The fourth-order valence-corrected chi connectivity index (χ4v) is 2.64. The summed E-state index contributed by atoms with van der Waals surface area (Å²) in [7, 11) is 0. The van der Waals surface area contributed by atoms with Crippen molar-refractivity contribution in [3.05, 3.63) is 32.9 Å². The summed E-state index contributed by atoms with van der Waals surface area (Å²) in [6, 6.07) is 1.86. The van der Waals surface area contributed by atoms with Crippen LogP contribution in [0.3, 0.4) is 0 Å². The molecule has 2 nitrogen and oxygen atoms in total. The minimum absolute atomic E-state index is 0.647. The molecule has 18 heavy (non-hydrogen) atoms. The number of halogens is 2. The summed E-state index contributed by atoms with van der Waals surface area (Å²) in [5, 5.41) is 5.67. The second-order valence-corrected chi connectivity index (χ2v) is 5.23. The normalized spacial score (nSPS) is 11.0. The number of rotatable bonds is 2. The van der Waals surface area contributed by atoms with Crippen molar-refractivity contribution in [3.8, 4) is 0 Å². The Labute approximate surface area is 117 Å². The minimum Gasteiger partial charge on any atom is -0.384 e. The van der Waals surface area contributed by atoms with Crippen molar-refractivity contribution in [1.29, 1.82) is 0 Å². The van der Waals surface area contributed by atoms with Crippen LogP contribution in [0.25, 0.3) is 10.9 Å². The predicted molar refractivity (Wildman–Crippen MR) is 80.1 cm³/mol. The Kier molecular flexibility index (Phi) is 3.69. The van der Waals surface area contributed by atoms with Gasteiger partial charge in [0.2, 0.25) is 0 Å². The van der Waals surface area contributed by atoms with E-state index in [1.807, 2.05) is 26.8 Å². The third-order valence-electron chi connectivity index (χ3n) is 3.17. The van der Waals surface area contributed by atoms with Gasteiger partial charge in [0.1, 0.15) is 0 Å². The summed E-state index contributed by atoms with van der Waals surface area (Å²) in [5.41, 5.74) is 4.87. The lowest BCUT2D eigenvalue weighted by molar-refractivity contribution is 1.15. The molecule has 2 rings (SSSR count). The summed E-state index contributed by atoms with van der Waals surface area (Å²) >= 11 is 12.7. The molecule has 0 unspecified atom stereocenters. The summed E-state index contributed by atoms with van der Waals surface area (Å²) in [6.07, 6.45) is 0. The van der Waals surface area contributed by atoms with Crippen LogP contribution < -0.4 is 5.32 Å². The van der Waals surface area contributed by atoms with Crippen LogP contribution in [0.4, 0.5) is 5.69 Å². The molecule has 0 fully saturated rings. The molecule has 0 amide bonds. The highest BCUT2D eigenvalue weighted by atomic mass is 35.5. The monoisotopic (exact) mass is 282 g/mol. The average Bonchev–Trinajstić information content (AvgIpc) is 2.32. The van der Waals surface area contributed by atoms with E-state index >= 15 is 0 Å². The van der Waals surface area contributed by atoms with Gasteiger partial charge in [-0.05, 0) is 44.9 Å². The summed E-state index contributed by atoms with van der Waals surface area (Å²) in [6.45, 7) is 8.89. The van der Waals surface area contributed by atoms with Gasteiger partial charge in [-0.25, -0.2) is 0 Å². The first-order valence-corrected chi connectivity index (χ1v) is 6.72. The second-order valence-electron chi connectivity index (χ2n) is 4.44. The number of fused-ring (bicyclic) bond motifs is 1. The van der Waals surface area contributed by atoms with Gasteiger partial charge < -0.3 is 5.32 Å². The first-order chi connectivity index (χ1) is 8.47. The number of nitrogens with zero attached hydrogens (tertiary/aromatic N) is 1. The molecule has 1 heterocycles. The highest BCUT2D eigenvalue weighted by Crippen LogP contribution is 2.38. The molecular formula is C14H16Cl2N2. The molecule has 0 aliphatic carbocycles. The third kappa shape index (κ3) is 2.04. The van der Waals surface area contributed by atoms with E-state index in [1.54, 1.807) is 0 Å². The molecule has 0 aliphatic heterocycles. The number of aryl methyl sites for hydroxylation is 2. The molecule has 0 radical (unpaired) electrons. The third-order valence-corrected chi connectivity index (χ3v) is 3.95. The molecule has 0 atom stereocenters. The molecule has 0 saturated heterocycles. The number of benzene rings is 1. The lowest BCUT2D eigenvalue weighted by atomic mass is 10.0. The van der Waals surface area contributed by atoms with E-state index in [9.17, 15) is 0 Å². The standard InChI is InChI=1S/C14H16Cl2N2/c1-5-17-13-8(3)9(4)18-14-10(15)6-7(2)12(16)11(13)14/h6H,5H2,1-4H3,(H,17,18). The van der Waals surface area contributed by atoms with Crippen LogP contribution >= 0.6 is 23.2 Å². The van der Waals surface area contributed by atoms with Crippen molar-refractivity contribution < 1.29 is 0 Å². The molecule has 4 heteroatoms. The molecule has 2 aromatic rings. The fourth-order valence-electron chi connectivity index (χ4n) is 2.10. The van der Waals surface area contributed by atoms with Crippen LogP contribution in [0.2, 0.25) is 10.0 Å². The van der Waals surface area contributed by atoms with Crippen molar-refractivity contribution >= 4 is 39.8 Å². The van der Waals surface area contributed by atoms with Crippen molar-refractivity contribution in [2.24, 2.45) is 0 Å². The molecule has 0 bridgehead atoms. The van der Waals surface area contributed by atoms with Crippen LogP contribution in [-0.2, 0) is 0 Å². The van der Waals surface area contributed by atoms with Gasteiger partial charge in [-0.3, -0.25) is 4.98 Å². The van der Waals surface area contributed by atoms with Gasteiger partial charge >= 0.3 is 0 Å². The number of hydrogen-bond donors (Lipinski definition) is 1. The highest BCUT2D eigenvalue weighted by molar-refractivity contribution is 6.41. The topological polar surface area (TPSA) is 24.9 Å². The number of pyridine rings is 1. The number of nitrogens with one attached hydrogen (secondary N) is 1. The van der Waals surface area contributed by atoms with Gasteiger partial charge in [0.25, 0.3) is 0 Å². The highest BCUT2D eigenvalue weighted by Gasteiger charge is 2.15. The van der Waals surface area contributed by atoms with Gasteiger partial charge in [0, 0.05) is 23.3 Å². The summed E-state index contributed by atoms with van der Waals surface area (Å²) in [4.78, 5) is 4.56. The predicted octanol–water partition coefficient (Wildman–Crippen LogP) is 4.90. The van der Waals surface area contributed by atoms with E-state index in [-0.39, 0.29) is 0 Å². The van der Waals surface area contributed by atoms with E-state index in [0.29, 0.717) is 5.02 Å². The quantitative estimate of drug-likeness (QED) is 0.848. The van der Waals surface area contributed by atoms with Crippen LogP contribution in [0.15, 0.2) is 6.07 Å². The lowest BCUT2D eigenvalue weighted by Crippen LogP contribution is -2.04. The van der Waals surface area contributed by atoms with E-state index < -0.39 is 0 Å². The van der Waals surface area contributed by atoms with Gasteiger partial charge in [-0.15, -0.1) is 0 Å². The van der Waals surface area contributed by atoms with Crippen molar-refractivity contribution in [3.63, 3.8) is 0 Å². The fraction of sp³-hybridized carbons (Fsp3) is 0.357. The van der Waals surface area contributed by atoms with E-state index in [1.165, 1.54) is 0 Å². The number of aromatic nitrogens is 1. The Bertz CT molecular complexity index is 621. The Morgan fingerprint density at radius 1 is 1.22 bits per heavy atom. The smallest absolute Gasteiger partial charge is 0.0927 e. The van der Waals surface area contributed by atoms with Crippen LogP contribution in [0, 0.1) is 20.8 Å². The first kappa shape index (κ1) is 13.4. The lowest BCUT2D eigenvalue weighted by Gasteiger charge is -2.16. The van der Waals surface area contributed by atoms with E-state index in [4.69, 9.17) is 23.2 Å². The Morgan fingerprint density at radius 2 is 1.89 bits per heavy atom. The molecule has 1 aromatic carbocycles. The zero-order chi connectivity index (χ0) is 13.4. The average molecular weight is 283 g/mol. The van der Waals surface area contributed by atoms with Crippen LogP contribution in [0.5, 0.6) is 0 Å². The van der Waals surface area contributed by atoms with Gasteiger partial charge in [-0.2, -0.15) is 0 Å². The second kappa shape index (κ2) is 4.94. The molecule has 1 aromatic heterocycles. The molecule has 1 N–H and O–H groups in total. The van der Waals surface area contributed by atoms with Gasteiger partial charge in [0.15, 0.2) is 0 Å². The Morgan fingerprint density at radius 3 is 2.50 bits per heavy atom. The van der Waals surface area contributed by atoms with Crippen LogP contribution in [-0.4, -0.2) is 11.5 Å². The number of anilines is 1. The molecule has 0 spiro atoms. The van der Waals surface area contributed by atoms with E-state index in [0.717, 1.165) is 45.0 Å². The Balaban J connectivity index is 2.97. The zero-order valence-electron chi connectivity index (χ0n) is 11.0. The van der Waals surface area contributed by atoms with E-state index in [2.05, 4.69) is 17.2 Å². The summed E-state index contributed by atoms with van der Waals surface area (Å²) in [5.74, 6) is 0. The van der Waals surface area contributed by atoms with Gasteiger partial charge in [0.05, 0.1) is 15.6 Å². The van der Waals surface area contributed by atoms with Crippen molar-refractivity contribution in [1.82, 2.24) is 4.98 Å². The van der Waals surface area contributed by atoms with Crippen molar-refractivity contribution in [2.75, 3.05) is 11.9 Å². The number of hydrogen-bond acceptors (Lipinski definition) is 2. The maximum atomic E-state index is 6.42.